The number of hydrogen-bond donors (Lipinski definition) is 0. The molecular weight excluding hydrogens is 388 g/mol. The molecule has 1 nitrogen and oxygen atoms in total. The molecule has 0 radical (unpaired) electrons. The fourth-order valence-corrected chi connectivity index (χ4v) is 85.8. The van der Waals surface area contributed by atoms with E-state index >= 15 is 0 Å². The van der Waals surface area contributed by atoms with Gasteiger partial charge >= 0.3 is 95.8 Å². The first-order valence-electron chi connectivity index (χ1n) is 5.17. The Hall–Kier alpha value is 1.77. The van der Waals surface area contributed by atoms with Crippen LogP contribution in [0.15, 0.2) is 0 Å². The van der Waals surface area contributed by atoms with Crippen LogP contribution in [0.4, 0.5) is 0 Å². The van der Waals surface area contributed by atoms with Crippen molar-refractivity contribution in [1.82, 2.24) is 1.01 Å². The monoisotopic (exact) mass is 417 g/mol. The Balaban J connectivity index is 5.02. The van der Waals surface area contributed by atoms with E-state index in [2.05, 4.69) is 50.3 Å². The van der Waals surface area contributed by atoms with Crippen molar-refractivity contribution < 1.29 is 0 Å². The molecule has 0 fully saturated rings. The molecule has 0 N–H and O–H groups in total. The first kappa shape index (κ1) is 14.8. The third-order valence-electron chi connectivity index (χ3n) is 2.01. The van der Waals surface area contributed by atoms with Crippen molar-refractivity contribution in [3.8, 4) is 0 Å². The third kappa shape index (κ3) is 4.88. The Kier molecular flexibility index (Phi) is 4.93. The summed E-state index contributed by atoms with van der Waals surface area (Å²) in [5.41, 5.74) is 0. The molecule has 0 aliphatic carbocycles. The Labute approximate surface area is 94.8 Å². The van der Waals surface area contributed by atoms with Gasteiger partial charge in [-0.1, -0.05) is 0 Å². The fraction of sp³-hybridized carbons (Fsp3) is 1.00. The van der Waals surface area contributed by atoms with Crippen molar-refractivity contribution in [2.24, 2.45) is 0 Å². The molecule has 0 amide bonds. The van der Waals surface area contributed by atoms with Crippen LogP contribution in [-0.2, 0) is 0 Å². The van der Waals surface area contributed by atoms with Gasteiger partial charge in [0.05, 0.1) is 0 Å². The van der Waals surface area contributed by atoms with Crippen LogP contribution in [0.25, 0.3) is 0 Å². The van der Waals surface area contributed by atoms with Crippen LogP contribution in [0.2, 0.25) is 49.3 Å². The van der Waals surface area contributed by atoms with Crippen molar-refractivity contribution in [3.05, 3.63) is 0 Å². The molecule has 4 heteroatoms. The summed E-state index contributed by atoms with van der Waals surface area (Å²) in [6.45, 7) is 7.58. The van der Waals surface area contributed by atoms with Gasteiger partial charge in [0.15, 0.2) is 0 Å². The average molecular weight is 415 g/mol. The average Bonchev–Trinajstić information content (AvgIpc) is 1.44. The molecule has 0 saturated heterocycles. The molecule has 0 aliphatic rings. The van der Waals surface area contributed by atoms with Crippen LogP contribution >= 0.6 is 0 Å². The van der Waals surface area contributed by atoms with Crippen LogP contribution in [0.3, 0.4) is 0 Å². The van der Waals surface area contributed by atoms with E-state index in [4.69, 9.17) is 0 Å². The predicted molar refractivity (Wildman–Crippen MR) is 71.9 cm³/mol. The topological polar surface area (TPSA) is 3.24 Å². The number of rotatable bonds is 3. The zero-order valence-corrected chi connectivity index (χ0v) is 17.7. The second-order valence-corrected chi connectivity index (χ2v) is 45.2. The quantitative estimate of drug-likeness (QED) is 0.635. The van der Waals surface area contributed by atoms with Crippen LogP contribution in [0.1, 0.15) is 0 Å². The maximum atomic E-state index is 3.12. The van der Waals surface area contributed by atoms with E-state index in [1.807, 2.05) is 0 Å². The molecule has 0 aromatic heterocycles. The van der Waals surface area contributed by atoms with Crippen LogP contribution in [0.5, 0.6) is 0 Å². The predicted octanol–water partition coefficient (Wildman–Crippen LogP) is 3.79. The molecule has 0 atom stereocenters. The molecule has 0 aliphatic heterocycles. The summed E-state index contributed by atoms with van der Waals surface area (Å²) in [6, 6.07) is 0. The molecule has 0 aromatic carbocycles. The van der Waals surface area contributed by atoms with E-state index in [0.717, 1.165) is 0 Å². The molecule has 13 heavy (non-hydrogen) atoms. The molecule has 80 valence electrons. The van der Waals surface area contributed by atoms with Gasteiger partial charge in [-0.2, -0.15) is 0 Å². The molecule has 0 saturated carbocycles. The number of nitrogens with zero attached hydrogens (tertiary/aromatic N) is 1. The van der Waals surface area contributed by atoms with Gasteiger partial charge in [-0.25, -0.2) is 0 Å². The summed E-state index contributed by atoms with van der Waals surface area (Å²) in [6.07, 6.45) is 0. The molecule has 0 rings (SSSR count). The van der Waals surface area contributed by atoms with Crippen LogP contribution < -0.4 is 0 Å². The zero-order chi connectivity index (χ0) is 11.1. The molecule has 0 aromatic rings. The minimum absolute atomic E-state index is 1.04. The standard InChI is InChI=1S/C3H9NSi.6CH3.2Sn/c1-5(2,3)4;;;;;;;;/h1-3H3;6*1H3;;. The third-order valence-corrected chi connectivity index (χ3v) is 57.2. The molecule has 0 unspecified atom stereocenters. The minimum atomic E-state index is -1.81. The Morgan fingerprint density at radius 2 is 0.923 bits per heavy atom. The molecule has 0 bridgehead atoms. The fourth-order valence-electron chi connectivity index (χ4n) is 3.02. The van der Waals surface area contributed by atoms with Crippen molar-refractivity contribution in [2.45, 2.75) is 49.3 Å². The summed E-state index contributed by atoms with van der Waals surface area (Å²) in [5, 5.41) is 0. The maximum absolute atomic E-state index is 3.12. The van der Waals surface area contributed by atoms with Gasteiger partial charge in [-0.3, -0.25) is 0 Å². The summed E-state index contributed by atoms with van der Waals surface area (Å²) < 4.78 is 3.12. The summed E-state index contributed by atoms with van der Waals surface area (Å²) in [7, 11) is -1.04. The van der Waals surface area contributed by atoms with E-state index < -0.39 is 45.5 Å². The van der Waals surface area contributed by atoms with Crippen LogP contribution in [-0.4, -0.2) is 46.5 Å². The summed E-state index contributed by atoms with van der Waals surface area (Å²) in [5.74, 6) is 0. The molecular formula is C9H27NSiSn2. The molecule has 0 heterocycles. The number of hydrogen-bond acceptors (Lipinski definition) is 1. The van der Waals surface area contributed by atoms with E-state index in [-0.39, 0.29) is 0 Å². The second kappa shape index (κ2) is 4.33. The van der Waals surface area contributed by atoms with Gasteiger partial charge in [-0.15, -0.1) is 0 Å². The second-order valence-electron chi connectivity index (χ2n) is 6.85. The Bertz CT molecular complexity index is 140. The zero-order valence-electron chi connectivity index (χ0n) is 10.9. The first-order chi connectivity index (χ1) is 5.37. The summed E-state index contributed by atoms with van der Waals surface area (Å²) in [4.78, 5) is 15.5. The van der Waals surface area contributed by atoms with Gasteiger partial charge < -0.3 is 0 Å². The van der Waals surface area contributed by atoms with Crippen molar-refractivity contribution >= 4 is 45.5 Å². The van der Waals surface area contributed by atoms with E-state index in [1.165, 1.54) is 0 Å². The van der Waals surface area contributed by atoms with Crippen molar-refractivity contribution in [3.63, 3.8) is 0 Å². The van der Waals surface area contributed by atoms with Crippen LogP contribution in [0, 0.1) is 0 Å². The Morgan fingerprint density at radius 1 is 0.692 bits per heavy atom. The van der Waals surface area contributed by atoms with Gasteiger partial charge in [0.2, 0.25) is 0 Å². The van der Waals surface area contributed by atoms with E-state index in [9.17, 15) is 0 Å². The Morgan fingerprint density at radius 3 is 0.923 bits per heavy atom. The van der Waals surface area contributed by atoms with Crippen molar-refractivity contribution in [2.75, 3.05) is 0 Å². The van der Waals surface area contributed by atoms with E-state index in [1.54, 1.807) is 0 Å². The van der Waals surface area contributed by atoms with Gasteiger partial charge in [0, 0.05) is 0 Å². The van der Waals surface area contributed by atoms with Gasteiger partial charge in [0.25, 0.3) is 0 Å². The van der Waals surface area contributed by atoms with Gasteiger partial charge in [0.1, 0.15) is 0 Å². The molecule has 0 spiro atoms. The normalized spacial score (nSPS) is 15.2. The van der Waals surface area contributed by atoms with E-state index in [0.29, 0.717) is 0 Å². The summed E-state index contributed by atoms with van der Waals surface area (Å²) >= 11 is -3.62. The SMILES string of the molecule is C[Si](C)(C)[N]([Sn]([CH3])([CH3])[CH3])[Sn]([CH3])([CH3])[CH3]. The van der Waals surface area contributed by atoms with Crippen molar-refractivity contribution in [1.29, 1.82) is 0 Å². The van der Waals surface area contributed by atoms with Gasteiger partial charge in [-0.05, 0) is 0 Å². The first-order valence-corrected chi connectivity index (χ1v) is 28.3.